The minimum atomic E-state index is -0.763. The fourth-order valence-electron chi connectivity index (χ4n) is 0.684. The van der Waals surface area contributed by atoms with Gasteiger partial charge in [0.25, 0.3) is 0 Å². The van der Waals surface area contributed by atoms with Crippen molar-refractivity contribution in [3.05, 3.63) is 0 Å². The Hall–Kier alpha value is -0.220. The summed E-state index contributed by atoms with van der Waals surface area (Å²) in [7, 11) is 0. The molecule has 1 unspecified atom stereocenters. The van der Waals surface area contributed by atoms with Crippen LogP contribution >= 0.6 is 11.9 Å². The highest BCUT2D eigenvalue weighted by atomic mass is 32.2. The molecule has 12 heavy (non-hydrogen) atoms. The van der Waals surface area contributed by atoms with Gasteiger partial charge in [0.1, 0.15) is 6.04 Å². The van der Waals surface area contributed by atoms with Crippen LogP contribution < -0.4 is 4.72 Å². The van der Waals surface area contributed by atoms with Crippen LogP contribution in [0.25, 0.3) is 0 Å². The number of unbranched alkanes of at least 4 members (excludes halogenated alkanes) is 1. The molecular formula is C8H17NO2S. The summed E-state index contributed by atoms with van der Waals surface area (Å²) in [5.74, 6) is 0.224. The number of rotatable bonds is 7. The lowest BCUT2D eigenvalue weighted by molar-refractivity contribution is -0.138. The first kappa shape index (κ1) is 11.8. The van der Waals surface area contributed by atoms with Crippen LogP contribution in [0.2, 0.25) is 0 Å². The topological polar surface area (TPSA) is 49.3 Å². The molecular weight excluding hydrogens is 174 g/mol. The Morgan fingerprint density at radius 1 is 1.58 bits per heavy atom. The molecule has 0 fully saturated rings. The number of hydrogen-bond donors (Lipinski definition) is 2. The van der Waals surface area contributed by atoms with E-state index in [-0.39, 0.29) is 0 Å². The molecule has 0 aromatic heterocycles. The van der Waals surface area contributed by atoms with E-state index in [0.717, 1.165) is 18.6 Å². The van der Waals surface area contributed by atoms with E-state index < -0.39 is 12.0 Å². The molecule has 0 amide bonds. The van der Waals surface area contributed by atoms with Crippen molar-refractivity contribution in [3.63, 3.8) is 0 Å². The fraction of sp³-hybridized carbons (Fsp3) is 0.875. The average molecular weight is 191 g/mol. The summed E-state index contributed by atoms with van der Waals surface area (Å²) < 4.78 is 2.92. The van der Waals surface area contributed by atoms with Gasteiger partial charge in [-0.1, -0.05) is 32.2 Å². The second kappa shape index (κ2) is 7.43. The van der Waals surface area contributed by atoms with Gasteiger partial charge >= 0.3 is 5.97 Å². The fourth-order valence-corrected chi connectivity index (χ4v) is 1.70. The van der Waals surface area contributed by atoms with Gasteiger partial charge in [0, 0.05) is 5.75 Å². The molecule has 0 saturated carbocycles. The Bertz CT molecular complexity index is 130. The van der Waals surface area contributed by atoms with E-state index in [2.05, 4.69) is 11.6 Å². The molecule has 2 N–H and O–H groups in total. The van der Waals surface area contributed by atoms with Crippen LogP contribution in [0.5, 0.6) is 0 Å². The Morgan fingerprint density at radius 3 is 2.67 bits per heavy atom. The number of aliphatic carboxylic acids is 1. The highest BCUT2D eigenvalue weighted by molar-refractivity contribution is 7.97. The third-order valence-electron chi connectivity index (χ3n) is 1.53. The maximum Gasteiger partial charge on any atom is 0.321 e. The molecule has 1 atom stereocenters. The van der Waals surface area contributed by atoms with E-state index in [0.29, 0.717) is 6.42 Å². The zero-order valence-corrected chi connectivity index (χ0v) is 8.49. The molecule has 0 aliphatic rings. The normalized spacial score (nSPS) is 12.8. The minimum absolute atomic E-state index is 0.396. The molecule has 3 nitrogen and oxygen atoms in total. The Labute approximate surface area is 78.1 Å². The smallest absolute Gasteiger partial charge is 0.321 e. The standard InChI is InChI=1S/C8H17NO2S/c1-3-5-6-12-9-7(4-2)8(10)11/h7,9H,3-6H2,1-2H3,(H,10,11). The van der Waals surface area contributed by atoms with Crippen molar-refractivity contribution in [2.24, 2.45) is 0 Å². The molecule has 0 heterocycles. The van der Waals surface area contributed by atoms with Gasteiger partial charge in [0.15, 0.2) is 0 Å². The summed E-state index contributed by atoms with van der Waals surface area (Å²) in [5, 5.41) is 8.65. The van der Waals surface area contributed by atoms with E-state index in [1.807, 2.05) is 6.92 Å². The summed E-state index contributed by atoms with van der Waals surface area (Å²) >= 11 is 1.51. The van der Waals surface area contributed by atoms with Gasteiger partial charge in [-0.15, -0.1) is 0 Å². The summed E-state index contributed by atoms with van der Waals surface area (Å²) in [5.41, 5.74) is 0. The predicted molar refractivity (Wildman–Crippen MR) is 52.2 cm³/mol. The molecule has 72 valence electrons. The van der Waals surface area contributed by atoms with Gasteiger partial charge in [-0.25, -0.2) is 0 Å². The third kappa shape index (κ3) is 5.43. The maximum atomic E-state index is 10.5. The Morgan fingerprint density at radius 2 is 2.25 bits per heavy atom. The zero-order valence-electron chi connectivity index (χ0n) is 7.67. The highest BCUT2D eigenvalue weighted by Crippen LogP contribution is 2.03. The molecule has 0 aromatic rings. The van der Waals surface area contributed by atoms with E-state index in [1.165, 1.54) is 11.9 Å². The number of carboxylic acid groups (broad SMARTS) is 1. The van der Waals surface area contributed by atoms with Crippen LogP contribution in [-0.2, 0) is 4.79 Å². The van der Waals surface area contributed by atoms with E-state index in [1.54, 1.807) is 0 Å². The lowest BCUT2D eigenvalue weighted by Gasteiger charge is -2.10. The van der Waals surface area contributed by atoms with Crippen LogP contribution in [0, 0.1) is 0 Å². The molecule has 0 bridgehead atoms. The molecule has 0 aliphatic carbocycles. The quantitative estimate of drug-likeness (QED) is 0.476. The summed E-state index contributed by atoms with van der Waals surface area (Å²) in [6.07, 6.45) is 2.92. The Kier molecular flexibility index (Phi) is 7.29. The van der Waals surface area contributed by atoms with Crippen LogP contribution in [0.4, 0.5) is 0 Å². The van der Waals surface area contributed by atoms with Crippen molar-refractivity contribution in [2.45, 2.75) is 39.2 Å². The summed E-state index contributed by atoms with van der Waals surface area (Å²) in [6.45, 7) is 3.99. The van der Waals surface area contributed by atoms with Crippen molar-refractivity contribution in [3.8, 4) is 0 Å². The lowest BCUT2D eigenvalue weighted by Crippen LogP contribution is -2.31. The predicted octanol–water partition coefficient (Wildman–Crippen LogP) is 1.89. The van der Waals surface area contributed by atoms with Crippen molar-refractivity contribution in [1.82, 2.24) is 4.72 Å². The van der Waals surface area contributed by atoms with Crippen molar-refractivity contribution in [1.29, 1.82) is 0 Å². The third-order valence-corrected chi connectivity index (χ3v) is 2.48. The number of hydrogen-bond acceptors (Lipinski definition) is 3. The molecule has 0 saturated heterocycles. The number of carboxylic acids is 1. The van der Waals surface area contributed by atoms with E-state index in [9.17, 15) is 4.79 Å². The summed E-state index contributed by atoms with van der Waals surface area (Å²) in [4.78, 5) is 10.5. The largest absolute Gasteiger partial charge is 0.480 e. The van der Waals surface area contributed by atoms with E-state index >= 15 is 0 Å². The van der Waals surface area contributed by atoms with Gasteiger partial charge in [-0.3, -0.25) is 9.52 Å². The van der Waals surface area contributed by atoms with Crippen LogP contribution in [0.3, 0.4) is 0 Å². The average Bonchev–Trinajstić information content (AvgIpc) is 2.04. The molecule has 0 radical (unpaired) electrons. The summed E-state index contributed by atoms with van der Waals surface area (Å²) in [6, 6.07) is -0.396. The van der Waals surface area contributed by atoms with Crippen LogP contribution in [-0.4, -0.2) is 22.9 Å². The molecule has 0 aliphatic heterocycles. The Balaban J connectivity index is 3.38. The van der Waals surface area contributed by atoms with Crippen LogP contribution in [0.1, 0.15) is 33.1 Å². The zero-order chi connectivity index (χ0) is 9.40. The van der Waals surface area contributed by atoms with Gasteiger partial charge in [-0.05, 0) is 12.8 Å². The highest BCUT2D eigenvalue weighted by Gasteiger charge is 2.12. The minimum Gasteiger partial charge on any atom is -0.480 e. The van der Waals surface area contributed by atoms with Gasteiger partial charge in [0.05, 0.1) is 0 Å². The lowest BCUT2D eigenvalue weighted by atomic mass is 10.2. The van der Waals surface area contributed by atoms with Gasteiger partial charge in [0.2, 0.25) is 0 Å². The molecule has 0 spiro atoms. The molecule has 0 rings (SSSR count). The second-order valence-corrected chi connectivity index (χ2v) is 3.55. The first-order chi connectivity index (χ1) is 5.72. The second-order valence-electron chi connectivity index (χ2n) is 2.62. The van der Waals surface area contributed by atoms with Crippen LogP contribution in [0.15, 0.2) is 0 Å². The maximum absolute atomic E-state index is 10.5. The first-order valence-corrected chi connectivity index (χ1v) is 5.31. The van der Waals surface area contributed by atoms with Crippen molar-refractivity contribution >= 4 is 17.9 Å². The van der Waals surface area contributed by atoms with Crippen molar-refractivity contribution in [2.75, 3.05) is 5.75 Å². The van der Waals surface area contributed by atoms with Gasteiger partial charge in [-0.2, -0.15) is 0 Å². The van der Waals surface area contributed by atoms with Crippen molar-refractivity contribution < 1.29 is 9.90 Å². The first-order valence-electron chi connectivity index (χ1n) is 4.32. The monoisotopic (exact) mass is 191 g/mol. The molecule has 0 aromatic carbocycles. The van der Waals surface area contributed by atoms with Gasteiger partial charge < -0.3 is 5.11 Å². The van der Waals surface area contributed by atoms with E-state index in [4.69, 9.17) is 5.11 Å². The SMILES string of the molecule is CCCCSNC(CC)C(=O)O. The number of nitrogens with one attached hydrogen (secondary N) is 1. The molecule has 4 heteroatoms. The number of carbonyl (C=O) groups is 1.